The number of amides is 1. The average Bonchev–Trinajstić information content (AvgIpc) is 3.10. The van der Waals surface area contributed by atoms with Crippen molar-refractivity contribution in [3.8, 4) is 5.69 Å². The van der Waals surface area contributed by atoms with Crippen LogP contribution in [-0.2, 0) is 0 Å². The van der Waals surface area contributed by atoms with E-state index in [2.05, 4.69) is 41.8 Å². The maximum atomic E-state index is 12.0. The average molecular weight is 333 g/mol. The van der Waals surface area contributed by atoms with Crippen molar-refractivity contribution in [2.24, 2.45) is 0 Å². The van der Waals surface area contributed by atoms with Gasteiger partial charge in [0.15, 0.2) is 0 Å². The van der Waals surface area contributed by atoms with Crippen molar-refractivity contribution >= 4 is 27.5 Å². The minimum absolute atomic E-state index is 0.218. The van der Waals surface area contributed by atoms with Crippen LogP contribution in [0.1, 0.15) is 10.5 Å². The van der Waals surface area contributed by atoms with E-state index in [1.807, 2.05) is 12.1 Å². The molecule has 100 valence electrons. The zero-order valence-corrected chi connectivity index (χ0v) is 11.7. The molecule has 8 heteroatoms. The van der Waals surface area contributed by atoms with Crippen LogP contribution in [0, 0.1) is 0 Å². The molecule has 20 heavy (non-hydrogen) atoms. The highest BCUT2D eigenvalue weighted by atomic mass is 79.9. The Morgan fingerprint density at radius 1 is 1.35 bits per heavy atom. The Bertz CT molecular complexity index is 736. The van der Waals surface area contributed by atoms with Gasteiger partial charge in [0.1, 0.15) is 12.0 Å². The summed E-state index contributed by atoms with van der Waals surface area (Å²) >= 11 is 3.29. The molecule has 2 N–H and O–H groups in total. The van der Waals surface area contributed by atoms with Crippen LogP contribution < -0.4 is 5.32 Å². The molecule has 0 aliphatic rings. The third-order valence-electron chi connectivity index (χ3n) is 2.61. The molecule has 2 heterocycles. The first-order chi connectivity index (χ1) is 9.72. The highest BCUT2D eigenvalue weighted by Crippen LogP contribution is 2.16. The number of rotatable bonds is 3. The van der Waals surface area contributed by atoms with Crippen molar-refractivity contribution in [3.63, 3.8) is 0 Å². The summed E-state index contributed by atoms with van der Waals surface area (Å²) in [5.74, 6) is -0.218. The first kappa shape index (κ1) is 12.5. The van der Waals surface area contributed by atoms with E-state index >= 15 is 0 Å². The molecule has 0 aliphatic carbocycles. The number of carbonyl (C=O) groups excluding carboxylic acids is 1. The minimum atomic E-state index is -0.218. The predicted molar refractivity (Wildman–Crippen MR) is 75.6 cm³/mol. The predicted octanol–water partition coefficient (Wildman–Crippen LogP) is 2.01. The topological polar surface area (TPSA) is 88.5 Å². The highest BCUT2D eigenvalue weighted by Gasteiger charge is 2.08. The molecule has 0 fully saturated rings. The largest absolute Gasteiger partial charge is 0.356 e. The molecular weight excluding hydrogens is 324 g/mol. The number of benzene rings is 1. The number of hydrogen-bond donors (Lipinski definition) is 2. The number of halogens is 1. The van der Waals surface area contributed by atoms with Crippen LogP contribution in [0.3, 0.4) is 0 Å². The van der Waals surface area contributed by atoms with E-state index < -0.39 is 0 Å². The monoisotopic (exact) mass is 332 g/mol. The summed E-state index contributed by atoms with van der Waals surface area (Å²) in [4.78, 5) is 14.9. The Labute approximate surface area is 122 Å². The molecule has 0 saturated carbocycles. The molecule has 0 atom stereocenters. The highest BCUT2D eigenvalue weighted by molar-refractivity contribution is 9.10. The lowest BCUT2D eigenvalue weighted by atomic mass is 10.2. The van der Waals surface area contributed by atoms with E-state index in [-0.39, 0.29) is 5.91 Å². The van der Waals surface area contributed by atoms with Crippen LogP contribution in [0.5, 0.6) is 0 Å². The van der Waals surface area contributed by atoms with Gasteiger partial charge in [0.05, 0.1) is 5.69 Å². The minimum Gasteiger partial charge on any atom is -0.356 e. The molecule has 0 spiro atoms. The Morgan fingerprint density at radius 2 is 2.25 bits per heavy atom. The summed E-state index contributed by atoms with van der Waals surface area (Å²) < 4.78 is 2.34. The van der Waals surface area contributed by atoms with Crippen molar-refractivity contribution < 1.29 is 4.79 Å². The fourth-order valence-electron chi connectivity index (χ4n) is 1.70. The molecule has 0 aliphatic heterocycles. The van der Waals surface area contributed by atoms with Gasteiger partial charge < -0.3 is 10.3 Å². The molecule has 3 rings (SSSR count). The molecule has 0 unspecified atom stereocenters. The smallest absolute Gasteiger partial charge is 0.272 e. The Hall–Kier alpha value is -2.48. The molecule has 7 nitrogen and oxygen atoms in total. The van der Waals surface area contributed by atoms with Gasteiger partial charge in [-0.1, -0.05) is 6.07 Å². The van der Waals surface area contributed by atoms with Gasteiger partial charge >= 0.3 is 0 Å². The molecule has 0 bridgehead atoms. The summed E-state index contributed by atoms with van der Waals surface area (Å²) in [6.07, 6.45) is 3.19. The van der Waals surface area contributed by atoms with E-state index in [9.17, 15) is 4.79 Å². The van der Waals surface area contributed by atoms with Gasteiger partial charge in [0.25, 0.3) is 5.91 Å². The molecule has 1 amide bonds. The van der Waals surface area contributed by atoms with Crippen LogP contribution >= 0.6 is 15.9 Å². The molecule has 2 aromatic heterocycles. The second-order valence-electron chi connectivity index (χ2n) is 3.99. The van der Waals surface area contributed by atoms with Crippen molar-refractivity contribution in [3.05, 3.63) is 53.0 Å². The number of nitrogens with one attached hydrogen (secondary N) is 2. The number of tetrazole rings is 1. The van der Waals surface area contributed by atoms with E-state index in [1.165, 1.54) is 11.0 Å². The van der Waals surface area contributed by atoms with Crippen molar-refractivity contribution in [2.75, 3.05) is 5.32 Å². The summed E-state index contributed by atoms with van der Waals surface area (Å²) in [6.45, 7) is 0. The quantitative estimate of drug-likeness (QED) is 0.767. The normalized spacial score (nSPS) is 10.4. The third kappa shape index (κ3) is 2.59. The van der Waals surface area contributed by atoms with Crippen LogP contribution in [0.2, 0.25) is 0 Å². The number of anilines is 1. The van der Waals surface area contributed by atoms with Crippen LogP contribution in [-0.4, -0.2) is 31.1 Å². The van der Waals surface area contributed by atoms with Crippen LogP contribution in [0.15, 0.2) is 47.3 Å². The molecule has 3 aromatic rings. The number of H-pyrrole nitrogens is 1. The maximum Gasteiger partial charge on any atom is 0.272 e. The van der Waals surface area contributed by atoms with E-state index in [1.54, 1.807) is 24.4 Å². The standard InChI is InChI=1S/C12H9BrN6O/c13-8-4-11(14-6-8)12(20)16-9-2-1-3-10(5-9)19-7-15-17-18-19/h1-7,14H,(H,16,20). The third-order valence-corrected chi connectivity index (χ3v) is 3.07. The van der Waals surface area contributed by atoms with Gasteiger partial charge in [0.2, 0.25) is 0 Å². The van der Waals surface area contributed by atoms with E-state index in [0.29, 0.717) is 11.4 Å². The second kappa shape index (κ2) is 5.25. The number of hydrogen-bond acceptors (Lipinski definition) is 4. The van der Waals surface area contributed by atoms with Gasteiger partial charge in [-0.15, -0.1) is 5.10 Å². The summed E-state index contributed by atoms with van der Waals surface area (Å²) in [5, 5.41) is 13.7. The summed E-state index contributed by atoms with van der Waals surface area (Å²) in [6, 6.07) is 8.95. The van der Waals surface area contributed by atoms with Gasteiger partial charge in [-0.25, -0.2) is 4.68 Å². The molecule has 0 saturated heterocycles. The Morgan fingerprint density at radius 3 is 2.95 bits per heavy atom. The van der Waals surface area contributed by atoms with Crippen LogP contribution in [0.4, 0.5) is 5.69 Å². The first-order valence-electron chi connectivity index (χ1n) is 5.71. The molecular formula is C12H9BrN6O. The maximum absolute atomic E-state index is 12.0. The number of carbonyl (C=O) groups is 1. The van der Waals surface area contributed by atoms with E-state index in [0.717, 1.165) is 10.2 Å². The van der Waals surface area contributed by atoms with Gasteiger partial charge in [-0.2, -0.15) is 0 Å². The fourth-order valence-corrected chi connectivity index (χ4v) is 2.05. The summed E-state index contributed by atoms with van der Waals surface area (Å²) in [5.41, 5.74) is 1.90. The lowest BCUT2D eigenvalue weighted by molar-refractivity contribution is 0.102. The first-order valence-corrected chi connectivity index (χ1v) is 6.50. The number of nitrogens with zero attached hydrogens (tertiary/aromatic N) is 4. The fraction of sp³-hybridized carbons (Fsp3) is 0. The van der Waals surface area contributed by atoms with Crippen molar-refractivity contribution in [2.45, 2.75) is 0 Å². The molecule has 1 aromatic carbocycles. The Kier molecular flexibility index (Phi) is 3.30. The molecule has 0 radical (unpaired) electrons. The van der Waals surface area contributed by atoms with Crippen molar-refractivity contribution in [1.29, 1.82) is 0 Å². The zero-order valence-electron chi connectivity index (χ0n) is 10.1. The number of aromatic nitrogens is 5. The van der Waals surface area contributed by atoms with E-state index in [4.69, 9.17) is 0 Å². The van der Waals surface area contributed by atoms with Gasteiger partial charge in [0, 0.05) is 16.4 Å². The van der Waals surface area contributed by atoms with Crippen molar-refractivity contribution in [1.82, 2.24) is 25.2 Å². The number of aromatic amines is 1. The van der Waals surface area contributed by atoms with Gasteiger partial charge in [-0.3, -0.25) is 4.79 Å². The lowest BCUT2D eigenvalue weighted by Gasteiger charge is -2.05. The van der Waals surface area contributed by atoms with Gasteiger partial charge in [-0.05, 0) is 50.6 Å². The lowest BCUT2D eigenvalue weighted by Crippen LogP contribution is -2.12. The zero-order chi connectivity index (χ0) is 13.9. The second-order valence-corrected chi connectivity index (χ2v) is 4.91. The van der Waals surface area contributed by atoms with Crippen LogP contribution in [0.25, 0.3) is 5.69 Å². The Balaban J connectivity index is 1.81. The SMILES string of the molecule is O=C(Nc1cccc(-n2cnnn2)c1)c1cc(Br)c[nH]1. The summed E-state index contributed by atoms with van der Waals surface area (Å²) in [7, 11) is 0.